The fourth-order valence-electron chi connectivity index (χ4n) is 1.52. The van der Waals surface area contributed by atoms with Crippen molar-refractivity contribution in [3.05, 3.63) is 6.42 Å². The van der Waals surface area contributed by atoms with Crippen LogP contribution in [0.1, 0.15) is 6.42 Å². The van der Waals surface area contributed by atoms with Gasteiger partial charge in [0.05, 0.1) is 26.7 Å². The summed E-state index contributed by atoms with van der Waals surface area (Å²) in [7, 11) is 0. The Morgan fingerprint density at radius 1 is 0.917 bits per heavy atom. The van der Waals surface area contributed by atoms with E-state index in [9.17, 15) is 17.6 Å². The Kier molecular flexibility index (Phi) is 2.64. The van der Waals surface area contributed by atoms with Crippen molar-refractivity contribution < 1.29 is 17.6 Å². The maximum absolute atomic E-state index is 12.4. The third kappa shape index (κ3) is 0.962. The fourth-order valence-corrected chi connectivity index (χ4v) is 1.52. The van der Waals surface area contributed by atoms with Crippen LogP contribution in [-0.2, 0) is 0 Å². The molecule has 0 atom stereocenters. The maximum atomic E-state index is 12.4. The van der Waals surface area contributed by atoms with E-state index in [2.05, 4.69) is 0 Å². The summed E-state index contributed by atoms with van der Waals surface area (Å²) in [6, 6.07) is 0. The zero-order valence-corrected chi connectivity index (χ0v) is 6.62. The smallest absolute Gasteiger partial charge is 0.0985 e. The van der Waals surface area contributed by atoms with Crippen molar-refractivity contribution in [2.24, 2.45) is 10.8 Å². The van der Waals surface area contributed by atoms with E-state index in [0.29, 0.717) is 0 Å². The highest BCUT2D eigenvalue weighted by Crippen LogP contribution is 2.57. The Morgan fingerprint density at radius 2 is 1.42 bits per heavy atom. The molecule has 0 heterocycles. The number of halogens is 4. The largest absolute Gasteiger partial charge is 0.250 e. The van der Waals surface area contributed by atoms with Crippen LogP contribution in [0, 0.1) is 17.3 Å². The van der Waals surface area contributed by atoms with Crippen molar-refractivity contribution in [3.8, 4) is 0 Å². The summed E-state index contributed by atoms with van der Waals surface area (Å²) >= 11 is 0. The van der Waals surface area contributed by atoms with E-state index in [4.69, 9.17) is 0 Å². The lowest BCUT2D eigenvalue weighted by Gasteiger charge is -2.53. The number of rotatable bonds is 4. The van der Waals surface area contributed by atoms with Crippen LogP contribution in [0.25, 0.3) is 0 Å². The third-order valence-electron chi connectivity index (χ3n) is 2.93. The van der Waals surface area contributed by atoms with Crippen molar-refractivity contribution >= 4 is 0 Å². The maximum Gasteiger partial charge on any atom is 0.0985 e. The fraction of sp³-hybridized carbons (Fsp3) is 0.875. The van der Waals surface area contributed by atoms with E-state index in [1.165, 1.54) is 6.42 Å². The quantitative estimate of drug-likeness (QED) is 0.587. The van der Waals surface area contributed by atoms with Gasteiger partial charge in [0.15, 0.2) is 0 Å². The predicted molar refractivity (Wildman–Crippen MR) is 37.7 cm³/mol. The van der Waals surface area contributed by atoms with Gasteiger partial charge in [0, 0.05) is 10.8 Å². The molecule has 0 saturated heterocycles. The highest BCUT2D eigenvalue weighted by atomic mass is 19.1. The summed E-state index contributed by atoms with van der Waals surface area (Å²) in [5.74, 6) is 0. The minimum atomic E-state index is -1.49. The van der Waals surface area contributed by atoms with Crippen LogP contribution in [-0.4, -0.2) is 26.7 Å². The van der Waals surface area contributed by atoms with E-state index in [0.717, 1.165) is 0 Å². The first-order valence-electron chi connectivity index (χ1n) is 3.78. The van der Waals surface area contributed by atoms with Crippen LogP contribution >= 0.6 is 0 Å². The molecule has 1 rings (SSSR count). The summed E-state index contributed by atoms with van der Waals surface area (Å²) in [5, 5.41) is 0. The van der Waals surface area contributed by atoms with Crippen LogP contribution in [0.3, 0.4) is 0 Å². The molecule has 1 fully saturated rings. The third-order valence-corrected chi connectivity index (χ3v) is 2.93. The average molecular weight is 183 g/mol. The van der Waals surface area contributed by atoms with Gasteiger partial charge < -0.3 is 0 Å². The second-order valence-corrected chi connectivity index (χ2v) is 3.38. The zero-order valence-electron chi connectivity index (χ0n) is 6.62. The van der Waals surface area contributed by atoms with Gasteiger partial charge in [-0.05, 0) is 12.8 Å². The van der Waals surface area contributed by atoms with E-state index in [-0.39, 0.29) is 6.42 Å². The predicted octanol–water partition coefficient (Wildman–Crippen LogP) is 2.45. The lowest BCUT2D eigenvalue weighted by molar-refractivity contribution is -0.0850. The highest BCUT2D eigenvalue weighted by molar-refractivity contribution is 5.17. The molecule has 0 aromatic heterocycles. The van der Waals surface area contributed by atoms with Gasteiger partial charge in [-0.1, -0.05) is 0 Å². The molecule has 1 saturated carbocycles. The van der Waals surface area contributed by atoms with Gasteiger partial charge in [-0.2, -0.15) is 0 Å². The van der Waals surface area contributed by atoms with Crippen LogP contribution < -0.4 is 0 Å². The van der Waals surface area contributed by atoms with Crippen molar-refractivity contribution in [3.63, 3.8) is 0 Å². The average Bonchev–Trinajstić information content (AvgIpc) is 2.08. The molecular formula is C8H11F4. The second-order valence-electron chi connectivity index (χ2n) is 3.38. The Bertz CT molecular complexity index is 120. The van der Waals surface area contributed by atoms with Gasteiger partial charge in [0.25, 0.3) is 0 Å². The molecule has 0 amide bonds. The molecular weight excluding hydrogens is 172 g/mol. The molecule has 0 bridgehead atoms. The van der Waals surface area contributed by atoms with Gasteiger partial charge in [0.2, 0.25) is 0 Å². The van der Waals surface area contributed by atoms with Gasteiger partial charge in [-0.25, -0.2) is 0 Å². The lowest BCUT2D eigenvalue weighted by atomic mass is 9.51. The van der Waals surface area contributed by atoms with Crippen molar-refractivity contribution in [1.29, 1.82) is 0 Å². The highest BCUT2D eigenvalue weighted by Gasteiger charge is 2.60. The van der Waals surface area contributed by atoms with E-state index < -0.39 is 37.5 Å². The Labute approximate surface area is 69.0 Å². The number of hydrogen-bond acceptors (Lipinski definition) is 0. The van der Waals surface area contributed by atoms with Crippen molar-refractivity contribution in [1.82, 2.24) is 0 Å². The SMILES string of the molecule is FCC1(CF)[CH]CC1(CF)CF. The summed E-state index contributed by atoms with van der Waals surface area (Å²) < 4.78 is 49.5. The lowest BCUT2D eigenvalue weighted by Crippen LogP contribution is -2.57. The molecule has 0 aromatic carbocycles. The molecule has 1 radical (unpaired) electrons. The molecule has 0 nitrogen and oxygen atoms in total. The van der Waals surface area contributed by atoms with Gasteiger partial charge in [-0.3, -0.25) is 17.6 Å². The van der Waals surface area contributed by atoms with Crippen molar-refractivity contribution in [2.45, 2.75) is 6.42 Å². The Morgan fingerprint density at radius 3 is 1.50 bits per heavy atom. The molecule has 0 N–H and O–H groups in total. The molecule has 4 heteroatoms. The van der Waals surface area contributed by atoms with E-state index in [1.807, 2.05) is 0 Å². The Hall–Kier alpha value is -0.280. The molecule has 12 heavy (non-hydrogen) atoms. The van der Waals surface area contributed by atoms with Gasteiger partial charge in [-0.15, -0.1) is 0 Å². The van der Waals surface area contributed by atoms with E-state index in [1.54, 1.807) is 0 Å². The molecule has 1 aliphatic rings. The summed E-state index contributed by atoms with van der Waals surface area (Å²) in [4.78, 5) is 0. The Balaban J connectivity index is 2.77. The normalized spacial score (nSPS) is 25.0. The molecule has 0 aromatic rings. The molecule has 0 unspecified atom stereocenters. The van der Waals surface area contributed by atoms with Gasteiger partial charge in [0.1, 0.15) is 0 Å². The summed E-state index contributed by atoms with van der Waals surface area (Å²) in [6.45, 7) is -4.02. The molecule has 0 spiro atoms. The van der Waals surface area contributed by atoms with Crippen molar-refractivity contribution in [2.75, 3.05) is 26.7 Å². The minimum Gasteiger partial charge on any atom is -0.250 e. The first kappa shape index (κ1) is 9.81. The zero-order chi connectivity index (χ0) is 9.24. The topological polar surface area (TPSA) is 0 Å². The van der Waals surface area contributed by atoms with Crippen LogP contribution in [0.4, 0.5) is 17.6 Å². The summed E-state index contributed by atoms with van der Waals surface area (Å²) in [6.07, 6.45) is 1.47. The summed E-state index contributed by atoms with van der Waals surface area (Å²) in [5.41, 5.74) is -2.91. The first-order valence-corrected chi connectivity index (χ1v) is 3.78. The minimum absolute atomic E-state index is 0.133. The first-order chi connectivity index (χ1) is 5.70. The van der Waals surface area contributed by atoms with Gasteiger partial charge >= 0.3 is 0 Å². The van der Waals surface area contributed by atoms with Crippen LogP contribution in [0.15, 0.2) is 0 Å². The molecule has 0 aliphatic heterocycles. The monoisotopic (exact) mass is 183 g/mol. The van der Waals surface area contributed by atoms with E-state index >= 15 is 0 Å². The second kappa shape index (κ2) is 3.23. The standard InChI is InChI=1S/C8H11F4/c9-3-7(4-10)1-2-8(7,5-11)6-12/h1H,2-6H2. The van der Waals surface area contributed by atoms with Crippen LogP contribution in [0.5, 0.6) is 0 Å². The van der Waals surface area contributed by atoms with Crippen LogP contribution in [0.2, 0.25) is 0 Å². The molecule has 71 valence electrons. The molecule has 1 aliphatic carbocycles. The number of hydrogen-bond donors (Lipinski definition) is 0. The number of alkyl halides is 4.